The molecule has 7 heteroatoms. The fourth-order valence-electron chi connectivity index (χ4n) is 4.03. The van der Waals surface area contributed by atoms with Crippen LogP contribution in [-0.2, 0) is 9.53 Å². The lowest BCUT2D eigenvalue weighted by molar-refractivity contribution is -0.142. The highest BCUT2D eigenvalue weighted by atomic mass is 16.5. The first-order valence-electron chi connectivity index (χ1n) is 10.9. The van der Waals surface area contributed by atoms with Crippen LogP contribution in [0.5, 0.6) is 0 Å². The third kappa shape index (κ3) is 5.85. The molecule has 2 saturated heterocycles. The Bertz CT molecular complexity index is 652. The van der Waals surface area contributed by atoms with Gasteiger partial charge in [-0.25, -0.2) is 0 Å². The predicted octanol–water partition coefficient (Wildman–Crippen LogP) is 1.80. The van der Waals surface area contributed by atoms with Crippen LogP contribution in [0.3, 0.4) is 0 Å². The number of nitrogens with one attached hydrogen (secondary N) is 1. The molecule has 3 rings (SSSR count). The molecule has 29 heavy (non-hydrogen) atoms. The lowest BCUT2D eigenvalue weighted by Gasteiger charge is -2.37. The van der Waals surface area contributed by atoms with Gasteiger partial charge in [0.15, 0.2) is 5.96 Å². The number of rotatable bonds is 7. The first-order valence-corrected chi connectivity index (χ1v) is 10.9. The molecule has 2 heterocycles. The molecule has 2 aliphatic rings. The highest BCUT2D eigenvalue weighted by Crippen LogP contribution is 2.16. The molecule has 7 nitrogen and oxygen atoms in total. The lowest BCUT2D eigenvalue weighted by atomic mass is 10.2. The van der Waals surface area contributed by atoms with Crippen LogP contribution in [0, 0.1) is 0 Å². The Balaban J connectivity index is 1.39. The molecule has 2 aliphatic heterocycles. The van der Waals surface area contributed by atoms with Crippen LogP contribution in [0.4, 0.5) is 5.69 Å². The van der Waals surface area contributed by atoms with Crippen LogP contribution in [0.2, 0.25) is 0 Å². The number of anilines is 1. The van der Waals surface area contributed by atoms with Crippen molar-refractivity contribution >= 4 is 17.6 Å². The number of hydrogen-bond acceptors (Lipinski definition) is 4. The van der Waals surface area contributed by atoms with Crippen molar-refractivity contribution in [1.29, 1.82) is 0 Å². The van der Waals surface area contributed by atoms with Crippen molar-refractivity contribution in [2.24, 2.45) is 4.99 Å². The van der Waals surface area contributed by atoms with E-state index in [4.69, 9.17) is 4.74 Å². The molecule has 1 N–H and O–H groups in total. The number of ether oxygens (including phenoxy) is 1. The maximum Gasteiger partial charge on any atom is 0.251 e. The minimum absolute atomic E-state index is 0.158. The maximum absolute atomic E-state index is 12.5. The number of carbonyl (C=O) groups excluding carboxylic acids is 1. The lowest BCUT2D eigenvalue weighted by Crippen LogP contribution is -2.55. The molecule has 1 aromatic rings. The smallest absolute Gasteiger partial charge is 0.251 e. The second-order valence-electron chi connectivity index (χ2n) is 7.56. The molecule has 0 radical (unpaired) electrons. The van der Waals surface area contributed by atoms with Crippen molar-refractivity contribution in [3.63, 3.8) is 0 Å². The zero-order valence-corrected chi connectivity index (χ0v) is 17.8. The van der Waals surface area contributed by atoms with Crippen LogP contribution in [-0.4, -0.2) is 87.2 Å². The zero-order valence-electron chi connectivity index (χ0n) is 17.8. The molecule has 2 fully saturated rings. The summed E-state index contributed by atoms with van der Waals surface area (Å²) in [5.74, 6) is 1.09. The van der Waals surface area contributed by atoms with Crippen LogP contribution in [0.1, 0.15) is 26.2 Å². The van der Waals surface area contributed by atoms with Gasteiger partial charge in [-0.2, -0.15) is 0 Å². The molecule has 0 aliphatic carbocycles. The zero-order chi connectivity index (χ0) is 20.5. The van der Waals surface area contributed by atoms with E-state index in [0.29, 0.717) is 6.61 Å². The number of aliphatic imine (C=N–C) groups is 1. The van der Waals surface area contributed by atoms with Gasteiger partial charge in [-0.15, -0.1) is 0 Å². The average molecular weight is 402 g/mol. The van der Waals surface area contributed by atoms with Crippen molar-refractivity contribution in [3.8, 4) is 0 Å². The predicted molar refractivity (Wildman–Crippen MR) is 117 cm³/mol. The minimum Gasteiger partial charge on any atom is -0.372 e. The topological polar surface area (TPSA) is 60.4 Å². The quantitative estimate of drug-likeness (QED) is 0.429. The molecule has 1 aromatic carbocycles. The number of benzene rings is 1. The molecule has 0 saturated carbocycles. The molecule has 1 unspecified atom stereocenters. The van der Waals surface area contributed by atoms with E-state index in [1.165, 1.54) is 5.69 Å². The highest BCUT2D eigenvalue weighted by Gasteiger charge is 2.30. The summed E-state index contributed by atoms with van der Waals surface area (Å²) in [5, 5.41) is 3.49. The maximum atomic E-state index is 12.5. The van der Waals surface area contributed by atoms with E-state index in [1.54, 1.807) is 0 Å². The summed E-state index contributed by atoms with van der Waals surface area (Å²) in [6.07, 6.45) is 2.68. The molecule has 0 aromatic heterocycles. The Kier molecular flexibility index (Phi) is 8.16. The van der Waals surface area contributed by atoms with Crippen LogP contribution < -0.4 is 10.2 Å². The van der Waals surface area contributed by atoms with E-state index >= 15 is 0 Å². The van der Waals surface area contributed by atoms with E-state index in [2.05, 4.69) is 57.4 Å². The van der Waals surface area contributed by atoms with Gasteiger partial charge in [0.25, 0.3) is 5.91 Å². The molecule has 160 valence electrons. The summed E-state index contributed by atoms with van der Waals surface area (Å²) in [4.78, 5) is 23.5. The number of piperazine rings is 1. The third-order valence-electron chi connectivity index (χ3n) is 5.70. The summed E-state index contributed by atoms with van der Waals surface area (Å²) >= 11 is 0. The van der Waals surface area contributed by atoms with Gasteiger partial charge in [0.05, 0.1) is 0 Å². The van der Waals surface area contributed by atoms with Crippen LogP contribution in [0.15, 0.2) is 35.3 Å². The molecule has 0 bridgehead atoms. The standard InChI is InChI=1S/C22H35N5O2/c1-3-25(19-9-5-4-6-10-19)13-8-12-24-22(23-2)27-16-14-26(15-17-27)21(28)20-11-7-18-29-20/h4-6,9-10,20H,3,7-8,11-18H2,1-2H3,(H,23,24). The number of guanidine groups is 1. The van der Waals surface area contributed by atoms with Gasteiger partial charge < -0.3 is 24.8 Å². The first-order chi connectivity index (χ1) is 14.2. The summed E-state index contributed by atoms with van der Waals surface area (Å²) in [7, 11) is 1.83. The second kappa shape index (κ2) is 11.0. The monoisotopic (exact) mass is 401 g/mol. The van der Waals surface area contributed by atoms with E-state index in [0.717, 1.165) is 71.0 Å². The number of para-hydroxylation sites is 1. The van der Waals surface area contributed by atoms with Gasteiger partial charge in [-0.1, -0.05) is 18.2 Å². The number of carbonyl (C=O) groups is 1. The fraction of sp³-hybridized carbons (Fsp3) is 0.636. The molecule has 1 atom stereocenters. The Morgan fingerprint density at radius 3 is 2.55 bits per heavy atom. The average Bonchev–Trinajstić information content (AvgIpc) is 3.32. The van der Waals surface area contributed by atoms with Gasteiger partial charge in [-0.05, 0) is 38.3 Å². The van der Waals surface area contributed by atoms with E-state index in [-0.39, 0.29) is 12.0 Å². The second-order valence-corrected chi connectivity index (χ2v) is 7.56. The Morgan fingerprint density at radius 1 is 1.21 bits per heavy atom. The summed E-state index contributed by atoms with van der Waals surface area (Å²) < 4.78 is 5.54. The molecular formula is C22H35N5O2. The van der Waals surface area contributed by atoms with Gasteiger partial charge in [0.2, 0.25) is 0 Å². The molecule has 0 spiro atoms. The van der Waals surface area contributed by atoms with Gasteiger partial charge in [0.1, 0.15) is 6.10 Å². The number of nitrogens with zero attached hydrogens (tertiary/aromatic N) is 4. The van der Waals surface area contributed by atoms with Gasteiger partial charge >= 0.3 is 0 Å². The minimum atomic E-state index is -0.217. The van der Waals surface area contributed by atoms with Crippen molar-refractivity contribution in [3.05, 3.63) is 30.3 Å². The van der Waals surface area contributed by atoms with Crippen molar-refractivity contribution in [2.75, 3.05) is 64.4 Å². The van der Waals surface area contributed by atoms with Crippen molar-refractivity contribution in [2.45, 2.75) is 32.3 Å². The normalized spacial score (nSPS) is 20.1. The fourth-order valence-corrected chi connectivity index (χ4v) is 4.03. The van der Waals surface area contributed by atoms with Gasteiger partial charge in [0, 0.05) is 65.2 Å². The largest absolute Gasteiger partial charge is 0.372 e. The molecular weight excluding hydrogens is 366 g/mol. The summed E-state index contributed by atoms with van der Waals surface area (Å²) in [5.41, 5.74) is 1.27. The third-order valence-corrected chi connectivity index (χ3v) is 5.70. The first kappa shape index (κ1) is 21.4. The van der Waals surface area contributed by atoms with Crippen molar-refractivity contribution < 1.29 is 9.53 Å². The highest BCUT2D eigenvalue weighted by molar-refractivity contribution is 5.82. The SMILES string of the molecule is CCN(CCCNC(=NC)N1CCN(C(=O)C2CCCO2)CC1)c1ccccc1. The number of amides is 1. The van der Waals surface area contributed by atoms with Crippen LogP contribution in [0.25, 0.3) is 0 Å². The Labute approximate surface area is 174 Å². The molecule has 1 amide bonds. The Morgan fingerprint density at radius 2 is 1.93 bits per heavy atom. The van der Waals surface area contributed by atoms with Crippen molar-refractivity contribution in [1.82, 2.24) is 15.1 Å². The van der Waals surface area contributed by atoms with E-state index < -0.39 is 0 Å². The summed E-state index contributed by atoms with van der Waals surface area (Å²) in [6.45, 7) is 8.88. The van der Waals surface area contributed by atoms with E-state index in [9.17, 15) is 4.79 Å². The number of hydrogen-bond donors (Lipinski definition) is 1. The van der Waals surface area contributed by atoms with Crippen LogP contribution >= 0.6 is 0 Å². The van der Waals surface area contributed by atoms with E-state index in [1.807, 2.05) is 11.9 Å². The van der Waals surface area contributed by atoms with Gasteiger partial charge in [-0.3, -0.25) is 9.79 Å². The summed E-state index contributed by atoms with van der Waals surface area (Å²) in [6, 6.07) is 10.5. The Hall–Kier alpha value is -2.28.